The van der Waals surface area contributed by atoms with Gasteiger partial charge < -0.3 is 15.2 Å². The molecule has 140 valence electrons. The number of aromatic amines is 1. The molecule has 0 aliphatic heterocycles. The number of aromatic nitrogens is 2. The predicted octanol–water partition coefficient (Wildman–Crippen LogP) is 1.82. The normalized spacial score (nSPS) is 11.4. The third-order valence-corrected chi connectivity index (χ3v) is 4.08. The van der Waals surface area contributed by atoms with E-state index in [1.54, 1.807) is 25.2 Å². The largest absolute Gasteiger partial charge is 0.350 e. The summed E-state index contributed by atoms with van der Waals surface area (Å²) in [5, 5.41) is 3.33. The van der Waals surface area contributed by atoms with Gasteiger partial charge >= 0.3 is 0 Å². The van der Waals surface area contributed by atoms with Crippen LogP contribution >= 0.6 is 12.2 Å². The molecule has 0 aliphatic carbocycles. The Bertz CT molecular complexity index is 940. The molecule has 2 rings (SSSR count). The Morgan fingerprint density at radius 3 is 2.58 bits per heavy atom. The van der Waals surface area contributed by atoms with E-state index in [1.807, 2.05) is 26.8 Å². The first-order valence-corrected chi connectivity index (χ1v) is 8.76. The molecule has 1 aromatic carbocycles. The summed E-state index contributed by atoms with van der Waals surface area (Å²) < 4.78 is 1.65. The summed E-state index contributed by atoms with van der Waals surface area (Å²) in [6, 6.07) is 7.09. The highest BCUT2D eigenvalue weighted by Gasteiger charge is 2.18. The molecule has 0 aliphatic rings. The second-order valence-electron chi connectivity index (χ2n) is 7.23. The average molecular weight is 376 g/mol. The SMILES string of the molecule is CN(CC(=O)NC(C)(C)C)C(=O)CCn1c(=S)[nH]c2ccccc2c1=O. The van der Waals surface area contributed by atoms with Gasteiger partial charge in [-0.1, -0.05) is 12.1 Å². The number of fused-ring (bicyclic) bond motifs is 1. The lowest BCUT2D eigenvalue weighted by molar-refractivity contribution is -0.135. The number of para-hydroxylation sites is 1. The van der Waals surface area contributed by atoms with Crippen LogP contribution in [0.4, 0.5) is 0 Å². The number of carbonyl (C=O) groups is 2. The number of nitrogens with one attached hydrogen (secondary N) is 2. The van der Waals surface area contributed by atoms with Gasteiger partial charge in [-0.3, -0.25) is 19.0 Å². The minimum Gasteiger partial charge on any atom is -0.350 e. The number of rotatable bonds is 5. The number of amides is 2. The fourth-order valence-electron chi connectivity index (χ4n) is 2.56. The highest BCUT2D eigenvalue weighted by molar-refractivity contribution is 7.71. The molecule has 2 aromatic rings. The molecule has 1 aromatic heterocycles. The van der Waals surface area contributed by atoms with E-state index in [4.69, 9.17) is 12.2 Å². The first kappa shape index (κ1) is 19.8. The number of benzene rings is 1. The van der Waals surface area contributed by atoms with E-state index in [0.29, 0.717) is 10.9 Å². The van der Waals surface area contributed by atoms with Crippen LogP contribution in [-0.2, 0) is 16.1 Å². The van der Waals surface area contributed by atoms with Crippen LogP contribution in [0, 0.1) is 4.77 Å². The van der Waals surface area contributed by atoms with Crippen molar-refractivity contribution in [3.8, 4) is 0 Å². The zero-order chi connectivity index (χ0) is 19.5. The average Bonchev–Trinajstić information content (AvgIpc) is 2.52. The van der Waals surface area contributed by atoms with Gasteiger partial charge in [0.1, 0.15) is 0 Å². The molecule has 26 heavy (non-hydrogen) atoms. The summed E-state index contributed by atoms with van der Waals surface area (Å²) >= 11 is 5.23. The topological polar surface area (TPSA) is 87.2 Å². The van der Waals surface area contributed by atoms with Crippen LogP contribution in [0.3, 0.4) is 0 Å². The van der Waals surface area contributed by atoms with Gasteiger partial charge in [-0.05, 0) is 45.1 Å². The van der Waals surface area contributed by atoms with E-state index in [0.717, 1.165) is 0 Å². The number of hydrogen-bond donors (Lipinski definition) is 2. The van der Waals surface area contributed by atoms with Gasteiger partial charge in [-0.25, -0.2) is 0 Å². The lowest BCUT2D eigenvalue weighted by Crippen LogP contribution is -2.46. The monoisotopic (exact) mass is 376 g/mol. The van der Waals surface area contributed by atoms with Crippen LogP contribution in [0.25, 0.3) is 10.9 Å². The molecule has 0 radical (unpaired) electrons. The second-order valence-corrected chi connectivity index (χ2v) is 7.62. The van der Waals surface area contributed by atoms with Crippen molar-refractivity contribution in [1.29, 1.82) is 0 Å². The zero-order valence-electron chi connectivity index (χ0n) is 15.5. The Morgan fingerprint density at radius 2 is 1.92 bits per heavy atom. The standard InChI is InChI=1S/C18H24N4O3S/c1-18(2,3)20-14(23)11-21(4)15(24)9-10-22-16(25)12-7-5-6-8-13(12)19-17(22)26/h5-8H,9-11H2,1-4H3,(H,19,26)(H,20,23). The molecule has 0 saturated heterocycles. The van der Waals surface area contributed by atoms with Crippen LogP contribution in [-0.4, -0.2) is 45.4 Å². The third kappa shape index (κ3) is 5.01. The highest BCUT2D eigenvalue weighted by Crippen LogP contribution is 2.06. The van der Waals surface area contributed by atoms with E-state index in [1.165, 1.54) is 9.47 Å². The van der Waals surface area contributed by atoms with E-state index in [-0.39, 0.29) is 47.2 Å². The Morgan fingerprint density at radius 1 is 1.27 bits per heavy atom. The van der Waals surface area contributed by atoms with Gasteiger partial charge in [-0.2, -0.15) is 0 Å². The number of H-pyrrole nitrogens is 1. The third-order valence-electron chi connectivity index (χ3n) is 3.76. The van der Waals surface area contributed by atoms with Crippen molar-refractivity contribution in [3.05, 3.63) is 39.4 Å². The van der Waals surface area contributed by atoms with Gasteiger partial charge in [0.2, 0.25) is 11.8 Å². The van der Waals surface area contributed by atoms with Gasteiger partial charge in [0.05, 0.1) is 17.4 Å². The highest BCUT2D eigenvalue weighted by atomic mass is 32.1. The van der Waals surface area contributed by atoms with Gasteiger partial charge in [0.25, 0.3) is 5.56 Å². The first-order chi connectivity index (χ1) is 12.1. The molecular weight excluding hydrogens is 352 g/mol. The molecule has 8 heteroatoms. The molecular formula is C18H24N4O3S. The molecule has 0 unspecified atom stereocenters. The molecule has 0 spiro atoms. The fraction of sp³-hybridized carbons (Fsp3) is 0.444. The van der Waals surface area contributed by atoms with Gasteiger partial charge in [0.15, 0.2) is 4.77 Å². The smallest absolute Gasteiger partial charge is 0.262 e. The number of nitrogens with zero attached hydrogens (tertiary/aromatic N) is 2. The van der Waals surface area contributed by atoms with Crippen molar-refractivity contribution in [2.45, 2.75) is 39.3 Å². The molecule has 0 saturated carbocycles. The summed E-state index contributed by atoms with van der Waals surface area (Å²) in [6.45, 7) is 5.75. The summed E-state index contributed by atoms with van der Waals surface area (Å²) in [4.78, 5) is 41.1. The minimum atomic E-state index is -0.355. The number of hydrogen-bond acceptors (Lipinski definition) is 4. The van der Waals surface area contributed by atoms with Gasteiger partial charge in [0, 0.05) is 25.6 Å². The quantitative estimate of drug-likeness (QED) is 0.780. The lowest BCUT2D eigenvalue weighted by Gasteiger charge is -2.23. The molecule has 2 N–H and O–H groups in total. The van der Waals surface area contributed by atoms with E-state index >= 15 is 0 Å². The van der Waals surface area contributed by atoms with Crippen molar-refractivity contribution in [2.75, 3.05) is 13.6 Å². The maximum absolute atomic E-state index is 12.6. The maximum atomic E-state index is 12.6. The Hall–Kier alpha value is -2.48. The summed E-state index contributed by atoms with van der Waals surface area (Å²) in [7, 11) is 1.56. The van der Waals surface area contributed by atoms with Crippen LogP contribution < -0.4 is 10.9 Å². The van der Waals surface area contributed by atoms with Crippen molar-refractivity contribution in [1.82, 2.24) is 19.8 Å². The Kier molecular flexibility index (Phi) is 5.97. The van der Waals surface area contributed by atoms with E-state index in [2.05, 4.69) is 10.3 Å². The molecule has 2 amide bonds. The number of carbonyl (C=O) groups excluding carboxylic acids is 2. The zero-order valence-corrected chi connectivity index (χ0v) is 16.3. The Balaban J connectivity index is 2.05. The predicted molar refractivity (Wildman–Crippen MR) is 104 cm³/mol. The van der Waals surface area contributed by atoms with Crippen molar-refractivity contribution < 1.29 is 9.59 Å². The number of likely N-dealkylation sites (N-methyl/N-ethyl adjacent to an activating group) is 1. The van der Waals surface area contributed by atoms with Crippen LogP contribution in [0.5, 0.6) is 0 Å². The minimum absolute atomic E-state index is 0.0322. The first-order valence-electron chi connectivity index (χ1n) is 8.35. The fourth-order valence-corrected chi connectivity index (χ4v) is 2.85. The Labute approximate surface area is 157 Å². The van der Waals surface area contributed by atoms with Crippen molar-refractivity contribution >= 4 is 34.9 Å². The summed E-state index contributed by atoms with van der Waals surface area (Å²) in [5.41, 5.74) is 0.0817. The van der Waals surface area contributed by atoms with Crippen molar-refractivity contribution in [3.63, 3.8) is 0 Å². The van der Waals surface area contributed by atoms with Gasteiger partial charge in [-0.15, -0.1) is 0 Å². The second kappa shape index (κ2) is 7.82. The van der Waals surface area contributed by atoms with E-state index in [9.17, 15) is 14.4 Å². The molecule has 7 nitrogen and oxygen atoms in total. The summed E-state index contributed by atoms with van der Waals surface area (Å²) in [6.07, 6.45) is 0.0784. The van der Waals surface area contributed by atoms with Crippen LogP contribution in [0.2, 0.25) is 0 Å². The van der Waals surface area contributed by atoms with Crippen molar-refractivity contribution in [2.24, 2.45) is 0 Å². The lowest BCUT2D eigenvalue weighted by atomic mass is 10.1. The molecule has 0 atom stereocenters. The van der Waals surface area contributed by atoms with Crippen LogP contribution in [0.1, 0.15) is 27.2 Å². The molecule has 0 fully saturated rings. The van der Waals surface area contributed by atoms with E-state index < -0.39 is 0 Å². The summed E-state index contributed by atoms with van der Waals surface area (Å²) in [5.74, 6) is -0.461. The molecule has 1 heterocycles. The maximum Gasteiger partial charge on any atom is 0.262 e. The molecule has 0 bridgehead atoms. The van der Waals surface area contributed by atoms with Crippen LogP contribution in [0.15, 0.2) is 29.1 Å².